The lowest BCUT2D eigenvalue weighted by Gasteiger charge is -2.19. The Morgan fingerprint density at radius 3 is 2.59 bits per heavy atom. The van der Waals surface area contributed by atoms with E-state index >= 15 is 0 Å². The summed E-state index contributed by atoms with van der Waals surface area (Å²) in [7, 11) is -4.69. The SMILES string of the molecule is Cc1cc(C)c(N2CC(CS(=O)(=O)F)CC2=O)c([N+](=O)[O-])c1. The third-order valence-corrected chi connectivity index (χ3v) is 4.40. The van der Waals surface area contributed by atoms with E-state index in [1.54, 1.807) is 19.9 Å². The molecule has 22 heavy (non-hydrogen) atoms. The van der Waals surface area contributed by atoms with Gasteiger partial charge in [0.2, 0.25) is 5.91 Å². The van der Waals surface area contributed by atoms with Crippen LogP contribution in [0.2, 0.25) is 0 Å². The molecule has 120 valence electrons. The highest BCUT2D eigenvalue weighted by Gasteiger charge is 2.37. The Morgan fingerprint density at radius 1 is 1.41 bits per heavy atom. The van der Waals surface area contributed by atoms with Crippen LogP contribution in [-0.4, -0.2) is 31.5 Å². The fraction of sp³-hybridized carbons (Fsp3) is 0.462. The molecule has 1 aliphatic rings. The summed E-state index contributed by atoms with van der Waals surface area (Å²) in [5.74, 6) is -1.90. The lowest BCUT2D eigenvalue weighted by molar-refractivity contribution is -0.384. The number of aryl methyl sites for hydroxylation is 2. The third-order valence-electron chi connectivity index (χ3n) is 3.53. The number of nitrogens with zero attached hydrogens (tertiary/aromatic N) is 2. The molecule has 1 aromatic rings. The first-order valence-electron chi connectivity index (χ1n) is 6.57. The van der Waals surface area contributed by atoms with Gasteiger partial charge >= 0.3 is 10.2 Å². The van der Waals surface area contributed by atoms with Crippen LogP contribution in [0.25, 0.3) is 0 Å². The lowest BCUT2D eigenvalue weighted by Crippen LogP contribution is -2.27. The second-order valence-corrected chi connectivity index (χ2v) is 6.90. The van der Waals surface area contributed by atoms with E-state index in [-0.39, 0.29) is 24.3 Å². The summed E-state index contributed by atoms with van der Waals surface area (Å²) in [6, 6.07) is 3.06. The fourth-order valence-corrected chi connectivity index (χ4v) is 3.61. The maximum Gasteiger partial charge on any atom is 0.302 e. The molecule has 9 heteroatoms. The molecule has 1 aliphatic heterocycles. The summed E-state index contributed by atoms with van der Waals surface area (Å²) in [5, 5.41) is 11.2. The Hall–Kier alpha value is -2.03. The predicted molar refractivity (Wildman–Crippen MR) is 77.9 cm³/mol. The van der Waals surface area contributed by atoms with Crippen molar-refractivity contribution in [1.82, 2.24) is 0 Å². The van der Waals surface area contributed by atoms with Gasteiger partial charge in [-0.1, -0.05) is 6.07 Å². The monoisotopic (exact) mass is 330 g/mol. The van der Waals surface area contributed by atoms with Crippen molar-refractivity contribution >= 4 is 27.5 Å². The molecule has 1 atom stereocenters. The number of amides is 1. The van der Waals surface area contributed by atoms with E-state index in [2.05, 4.69) is 0 Å². The normalized spacial score (nSPS) is 18.8. The first kappa shape index (κ1) is 16.3. The molecule has 0 saturated carbocycles. The lowest BCUT2D eigenvalue weighted by atomic mass is 10.1. The van der Waals surface area contributed by atoms with Gasteiger partial charge in [0.1, 0.15) is 5.69 Å². The first-order chi connectivity index (χ1) is 10.1. The largest absolute Gasteiger partial charge is 0.306 e. The van der Waals surface area contributed by atoms with E-state index in [0.29, 0.717) is 11.1 Å². The van der Waals surface area contributed by atoms with Gasteiger partial charge in [-0.3, -0.25) is 14.9 Å². The Morgan fingerprint density at radius 2 is 2.05 bits per heavy atom. The Bertz CT molecular complexity index is 747. The van der Waals surface area contributed by atoms with Crippen molar-refractivity contribution in [3.05, 3.63) is 33.4 Å². The first-order valence-corrected chi connectivity index (χ1v) is 8.12. The Balaban J connectivity index is 2.40. The van der Waals surface area contributed by atoms with Crippen LogP contribution in [0.3, 0.4) is 0 Å². The number of benzene rings is 1. The zero-order chi connectivity index (χ0) is 16.7. The minimum atomic E-state index is -4.69. The summed E-state index contributed by atoms with van der Waals surface area (Å²) in [4.78, 5) is 23.9. The van der Waals surface area contributed by atoms with E-state index in [0.717, 1.165) is 0 Å². The summed E-state index contributed by atoms with van der Waals surface area (Å²) in [6.45, 7) is 3.29. The number of carbonyl (C=O) groups is 1. The van der Waals surface area contributed by atoms with Crippen molar-refractivity contribution in [2.75, 3.05) is 17.2 Å². The number of hydrogen-bond donors (Lipinski definition) is 0. The molecule has 0 N–H and O–H groups in total. The number of halogens is 1. The smallest absolute Gasteiger partial charge is 0.302 e. The number of nitro groups is 1. The van der Waals surface area contributed by atoms with Crippen LogP contribution in [0.1, 0.15) is 17.5 Å². The number of carbonyl (C=O) groups excluding carboxylic acids is 1. The number of rotatable bonds is 4. The second kappa shape index (κ2) is 5.64. The van der Waals surface area contributed by atoms with Gasteiger partial charge in [-0.05, 0) is 25.0 Å². The highest BCUT2D eigenvalue weighted by molar-refractivity contribution is 7.86. The Labute approximate surface area is 127 Å². The maximum atomic E-state index is 12.8. The van der Waals surface area contributed by atoms with Crippen LogP contribution in [-0.2, 0) is 15.0 Å². The van der Waals surface area contributed by atoms with Crippen molar-refractivity contribution in [2.24, 2.45) is 5.92 Å². The van der Waals surface area contributed by atoms with E-state index < -0.39 is 32.7 Å². The highest BCUT2D eigenvalue weighted by atomic mass is 32.3. The molecular weight excluding hydrogens is 315 g/mol. The quantitative estimate of drug-likeness (QED) is 0.477. The number of nitro benzene ring substituents is 1. The molecular formula is C13H15FN2O5S. The molecule has 1 fully saturated rings. The predicted octanol–water partition coefficient (Wildman–Crippen LogP) is 1.86. The van der Waals surface area contributed by atoms with E-state index in [9.17, 15) is 27.2 Å². The van der Waals surface area contributed by atoms with Crippen molar-refractivity contribution < 1.29 is 22.0 Å². The minimum absolute atomic E-state index is 0.0489. The standard InChI is InChI=1S/C13H15FN2O5S/c1-8-3-9(2)13(11(4-8)16(18)19)15-6-10(5-12(15)17)7-22(14,20)21/h3-4,10H,5-7H2,1-2H3. The van der Waals surface area contributed by atoms with Crippen LogP contribution < -0.4 is 4.90 Å². The van der Waals surface area contributed by atoms with Crippen molar-refractivity contribution in [1.29, 1.82) is 0 Å². The van der Waals surface area contributed by atoms with Crippen LogP contribution in [0.5, 0.6) is 0 Å². The summed E-state index contributed by atoms with van der Waals surface area (Å²) >= 11 is 0. The topological polar surface area (TPSA) is 97.6 Å². The average molecular weight is 330 g/mol. The second-order valence-electron chi connectivity index (χ2n) is 5.49. The van der Waals surface area contributed by atoms with Crippen molar-refractivity contribution in [3.63, 3.8) is 0 Å². The molecule has 1 unspecified atom stereocenters. The van der Waals surface area contributed by atoms with E-state index in [4.69, 9.17) is 0 Å². The molecule has 1 saturated heterocycles. The summed E-state index contributed by atoms with van der Waals surface area (Å²) < 4.78 is 34.2. The average Bonchev–Trinajstić information content (AvgIpc) is 2.66. The molecule has 0 radical (unpaired) electrons. The van der Waals surface area contributed by atoms with Crippen LogP contribution >= 0.6 is 0 Å². The van der Waals surface area contributed by atoms with E-state index in [1.807, 2.05) is 0 Å². The van der Waals surface area contributed by atoms with Gasteiger partial charge in [-0.15, -0.1) is 3.89 Å². The molecule has 1 amide bonds. The van der Waals surface area contributed by atoms with Gasteiger partial charge in [0.05, 0.1) is 10.7 Å². The van der Waals surface area contributed by atoms with Gasteiger partial charge in [-0.25, -0.2) is 0 Å². The van der Waals surface area contributed by atoms with Crippen LogP contribution in [0, 0.1) is 29.9 Å². The maximum absolute atomic E-state index is 12.8. The molecule has 0 aliphatic carbocycles. The zero-order valence-electron chi connectivity index (χ0n) is 12.1. The minimum Gasteiger partial charge on any atom is -0.306 e. The van der Waals surface area contributed by atoms with Crippen molar-refractivity contribution in [2.45, 2.75) is 20.3 Å². The van der Waals surface area contributed by atoms with Gasteiger partial charge in [0, 0.05) is 24.9 Å². The molecule has 2 rings (SSSR count). The Kier molecular flexibility index (Phi) is 4.19. The molecule has 0 spiro atoms. The van der Waals surface area contributed by atoms with Crippen LogP contribution in [0.15, 0.2) is 12.1 Å². The highest BCUT2D eigenvalue weighted by Crippen LogP contribution is 2.37. The third kappa shape index (κ3) is 3.41. The van der Waals surface area contributed by atoms with Gasteiger partial charge in [-0.2, -0.15) is 8.42 Å². The van der Waals surface area contributed by atoms with Crippen LogP contribution in [0.4, 0.5) is 15.3 Å². The summed E-state index contributed by atoms with van der Waals surface area (Å²) in [5.41, 5.74) is 1.17. The zero-order valence-corrected chi connectivity index (χ0v) is 12.9. The molecule has 0 aromatic heterocycles. The molecule has 7 nitrogen and oxygen atoms in total. The van der Waals surface area contributed by atoms with E-state index in [1.165, 1.54) is 11.0 Å². The van der Waals surface area contributed by atoms with Crippen molar-refractivity contribution in [3.8, 4) is 0 Å². The molecule has 1 heterocycles. The van der Waals surface area contributed by atoms with Gasteiger partial charge < -0.3 is 4.90 Å². The summed E-state index contributed by atoms with van der Waals surface area (Å²) in [6.07, 6.45) is -0.145. The number of hydrogen-bond acceptors (Lipinski definition) is 5. The molecule has 1 aromatic carbocycles. The van der Waals surface area contributed by atoms with Gasteiger partial charge in [0.15, 0.2) is 0 Å². The fourth-order valence-electron chi connectivity index (χ4n) is 2.82. The van der Waals surface area contributed by atoms with Gasteiger partial charge in [0.25, 0.3) is 5.69 Å². The molecule has 0 bridgehead atoms. The number of anilines is 1.